The second-order valence-corrected chi connectivity index (χ2v) is 5.47. The van der Waals surface area contributed by atoms with E-state index >= 15 is 0 Å². The Hall–Kier alpha value is -0.610. The van der Waals surface area contributed by atoms with Crippen LogP contribution < -0.4 is 11.1 Å². The number of nitrogens with two attached hydrogens (primary N) is 1. The molecular formula is C13H26N2O2. The van der Waals surface area contributed by atoms with E-state index in [0.717, 1.165) is 25.7 Å². The van der Waals surface area contributed by atoms with Crippen LogP contribution in [0.1, 0.15) is 46.5 Å². The second kappa shape index (κ2) is 6.36. The normalized spacial score (nSPS) is 25.6. The molecule has 1 aliphatic rings. The molecule has 4 heteroatoms. The first-order valence-electron chi connectivity index (χ1n) is 6.63. The number of carbonyl (C=O) groups excluding carboxylic acids is 1. The van der Waals surface area contributed by atoms with Crippen molar-refractivity contribution >= 4 is 5.91 Å². The average Bonchev–Trinajstić information content (AvgIpc) is 2.27. The molecule has 1 saturated carbocycles. The molecule has 0 aliphatic heterocycles. The minimum Gasteiger partial charge on any atom is -0.374 e. The van der Waals surface area contributed by atoms with Crippen LogP contribution in [0.3, 0.4) is 0 Å². The van der Waals surface area contributed by atoms with Crippen LogP contribution in [0.4, 0.5) is 0 Å². The molecule has 0 heterocycles. The molecule has 1 rings (SSSR count). The summed E-state index contributed by atoms with van der Waals surface area (Å²) < 4.78 is 5.55. The maximum absolute atomic E-state index is 12.0. The Kier molecular flexibility index (Phi) is 5.40. The van der Waals surface area contributed by atoms with Crippen molar-refractivity contribution in [1.82, 2.24) is 5.32 Å². The number of nitrogens with one attached hydrogen (secondary N) is 1. The molecule has 4 nitrogen and oxygen atoms in total. The summed E-state index contributed by atoms with van der Waals surface area (Å²) in [6.07, 6.45) is 4.14. The van der Waals surface area contributed by atoms with E-state index in [2.05, 4.69) is 5.32 Å². The summed E-state index contributed by atoms with van der Waals surface area (Å²) >= 11 is 0. The van der Waals surface area contributed by atoms with Crippen LogP contribution in [-0.4, -0.2) is 30.7 Å². The van der Waals surface area contributed by atoms with Gasteiger partial charge in [-0.1, -0.05) is 12.8 Å². The van der Waals surface area contributed by atoms with Gasteiger partial charge in [-0.15, -0.1) is 0 Å². The highest BCUT2D eigenvalue weighted by Crippen LogP contribution is 2.23. The lowest BCUT2D eigenvalue weighted by Gasteiger charge is -2.30. The summed E-state index contributed by atoms with van der Waals surface area (Å²) in [7, 11) is 0. The van der Waals surface area contributed by atoms with Crippen molar-refractivity contribution in [3.8, 4) is 0 Å². The van der Waals surface area contributed by atoms with Crippen LogP contribution in [0, 0.1) is 5.92 Å². The zero-order valence-electron chi connectivity index (χ0n) is 11.3. The summed E-state index contributed by atoms with van der Waals surface area (Å²) in [5.41, 5.74) is 5.68. The minimum absolute atomic E-state index is 0.0128. The summed E-state index contributed by atoms with van der Waals surface area (Å²) in [6.45, 7) is 7.13. The Morgan fingerprint density at radius 3 is 2.65 bits per heavy atom. The van der Waals surface area contributed by atoms with Crippen molar-refractivity contribution in [2.45, 2.75) is 58.1 Å². The van der Waals surface area contributed by atoms with Crippen LogP contribution in [0.15, 0.2) is 0 Å². The van der Waals surface area contributed by atoms with Gasteiger partial charge in [0.05, 0.1) is 11.5 Å². The summed E-state index contributed by atoms with van der Waals surface area (Å²) in [4.78, 5) is 12.0. The second-order valence-electron chi connectivity index (χ2n) is 5.47. The van der Waals surface area contributed by atoms with Gasteiger partial charge < -0.3 is 15.8 Å². The molecule has 0 aromatic rings. The summed E-state index contributed by atoms with van der Waals surface area (Å²) in [5, 5.41) is 2.96. The molecule has 100 valence electrons. The number of ether oxygens (including phenoxy) is 1. The molecule has 0 radical (unpaired) electrons. The van der Waals surface area contributed by atoms with Crippen LogP contribution in [0.2, 0.25) is 0 Å². The van der Waals surface area contributed by atoms with Crippen molar-refractivity contribution in [1.29, 1.82) is 0 Å². The monoisotopic (exact) mass is 242 g/mol. The molecule has 1 aliphatic carbocycles. The predicted octanol–water partition coefficient (Wildman–Crippen LogP) is 1.44. The predicted molar refractivity (Wildman–Crippen MR) is 68.6 cm³/mol. The molecule has 2 atom stereocenters. The highest BCUT2D eigenvalue weighted by molar-refractivity contribution is 5.79. The van der Waals surface area contributed by atoms with E-state index < -0.39 is 0 Å². The first kappa shape index (κ1) is 14.5. The lowest BCUT2D eigenvalue weighted by molar-refractivity contribution is -0.128. The molecule has 1 amide bonds. The maximum Gasteiger partial charge on any atom is 0.224 e. The van der Waals surface area contributed by atoms with E-state index in [0.29, 0.717) is 13.2 Å². The van der Waals surface area contributed by atoms with Crippen LogP contribution in [-0.2, 0) is 9.53 Å². The third-order valence-electron chi connectivity index (χ3n) is 3.38. The lowest BCUT2D eigenvalue weighted by atomic mass is 9.84. The average molecular weight is 242 g/mol. The molecule has 3 N–H and O–H groups in total. The molecule has 0 aromatic carbocycles. The Morgan fingerprint density at radius 2 is 2.06 bits per heavy atom. The van der Waals surface area contributed by atoms with Crippen molar-refractivity contribution in [3.63, 3.8) is 0 Å². The molecule has 0 spiro atoms. The Balaban J connectivity index is 2.38. The quantitative estimate of drug-likeness (QED) is 0.766. The molecule has 17 heavy (non-hydrogen) atoms. The van der Waals surface area contributed by atoms with Gasteiger partial charge in [0.15, 0.2) is 0 Å². The zero-order chi connectivity index (χ0) is 12.9. The van der Waals surface area contributed by atoms with Crippen LogP contribution in [0.25, 0.3) is 0 Å². The highest BCUT2D eigenvalue weighted by Gasteiger charge is 2.29. The summed E-state index contributed by atoms with van der Waals surface area (Å²) in [6, 6.07) is 0.0268. The minimum atomic E-state index is -0.302. The number of hydrogen-bond acceptors (Lipinski definition) is 3. The first-order chi connectivity index (χ1) is 7.96. The summed E-state index contributed by atoms with van der Waals surface area (Å²) in [5.74, 6) is 0.0751. The molecule has 2 unspecified atom stereocenters. The van der Waals surface area contributed by atoms with E-state index in [1.54, 1.807) is 0 Å². The van der Waals surface area contributed by atoms with Gasteiger partial charge in [-0.05, 0) is 33.6 Å². The molecule has 0 saturated heterocycles. The van der Waals surface area contributed by atoms with Crippen LogP contribution >= 0.6 is 0 Å². The fraction of sp³-hybridized carbons (Fsp3) is 0.923. The Labute approximate surface area is 104 Å². The topological polar surface area (TPSA) is 64.3 Å². The highest BCUT2D eigenvalue weighted by atomic mass is 16.5. The van der Waals surface area contributed by atoms with E-state index in [4.69, 9.17) is 10.5 Å². The molecular weight excluding hydrogens is 216 g/mol. The van der Waals surface area contributed by atoms with Gasteiger partial charge >= 0.3 is 0 Å². The standard InChI is InChI=1S/C13H26N2O2/c1-4-17-13(2,3)9-15-12(16)10-7-5-6-8-11(10)14/h10-11H,4-9,14H2,1-3H3,(H,15,16). The number of rotatable bonds is 5. The van der Waals surface area contributed by atoms with E-state index in [9.17, 15) is 4.79 Å². The van der Waals surface area contributed by atoms with Gasteiger partial charge in [-0.25, -0.2) is 0 Å². The number of carbonyl (C=O) groups is 1. The maximum atomic E-state index is 12.0. The van der Waals surface area contributed by atoms with E-state index in [1.807, 2.05) is 20.8 Å². The van der Waals surface area contributed by atoms with E-state index in [1.165, 1.54) is 0 Å². The lowest BCUT2D eigenvalue weighted by Crippen LogP contribution is -2.48. The van der Waals surface area contributed by atoms with Gasteiger partial charge in [0, 0.05) is 19.2 Å². The zero-order valence-corrected chi connectivity index (χ0v) is 11.3. The van der Waals surface area contributed by atoms with Crippen molar-refractivity contribution < 1.29 is 9.53 Å². The fourth-order valence-electron chi connectivity index (χ4n) is 2.36. The van der Waals surface area contributed by atoms with Crippen molar-refractivity contribution in [2.75, 3.05) is 13.2 Å². The number of hydrogen-bond donors (Lipinski definition) is 2. The van der Waals surface area contributed by atoms with Crippen LogP contribution in [0.5, 0.6) is 0 Å². The molecule has 0 bridgehead atoms. The van der Waals surface area contributed by atoms with Crippen molar-refractivity contribution in [3.05, 3.63) is 0 Å². The largest absolute Gasteiger partial charge is 0.374 e. The van der Waals surface area contributed by atoms with Gasteiger partial charge in [0.25, 0.3) is 0 Å². The fourth-order valence-corrected chi connectivity index (χ4v) is 2.36. The smallest absolute Gasteiger partial charge is 0.224 e. The first-order valence-corrected chi connectivity index (χ1v) is 6.63. The third kappa shape index (κ3) is 4.64. The SMILES string of the molecule is CCOC(C)(C)CNC(=O)C1CCCCC1N. The van der Waals surface area contributed by atoms with Crippen molar-refractivity contribution in [2.24, 2.45) is 11.7 Å². The van der Waals surface area contributed by atoms with Gasteiger partial charge in [-0.2, -0.15) is 0 Å². The Morgan fingerprint density at radius 1 is 1.41 bits per heavy atom. The third-order valence-corrected chi connectivity index (χ3v) is 3.38. The molecule has 1 fully saturated rings. The molecule has 0 aromatic heterocycles. The van der Waals surface area contributed by atoms with Gasteiger partial charge in [0.1, 0.15) is 0 Å². The van der Waals surface area contributed by atoms with E-state index in [-0.39, 0.29) is 23.5 Å². The number of amides is 1. The van der Waals surface area contributed by atoms with Gasteiger partial charge in [-0.3, -0.25) is 4.79 Å². The Bertz CT molecular complexity index is 254. The van der Waals surface area contributed by atoms with Gasteiger partial charge in [0.2, 0.25) is 5.91 Å².